The molecule has 1 aliphatic rings. The number of hydrogen-bond donors (Lipinski definition) is 1. The lowest BCUT2D eigenvalue weighted by Crippen LogP contribution is -2.26. The Hall–Kier alpha value is -3.24. The Morgan fingerprint density at radius 2 is 2.00 bits per heavy atom. The van der Waals surface area contributed by atoms with Crippen LogP contribution in [0.5, 0.6) is 5.75 Å². The molecule has 0 aromatic heterocycles. The maximum absolute atomic E-state index is 12.8. The van der Waals surface area contributed by atoms with Crippen molar-refractivity contribution in [1.29, 1.82) is 5.26 Å². The van der Waals surface area contributed by atoms with E-state index in [-0.39, 0.29) is 23.6 Å². The maximum Gasteiger partial charge on any atom is 0.338 e. The number of nitrogens with zero attached hydrogens (tertiary/aromatic N) is 1. The molecule has 30 heavy (non-hydrogen) atoms. The molecule has 0 saturated heterocycles. The summed E-state index contributed by atoms with van der Waals surface area (Å²) in [6.07, 6.45) is 0. The van der Waals surface area contributed by atoms with Crippen molar-refractivity contribution in [1.82, 2.24) is 0 Å². The van der Waals surface area contributed by atoms with E-state index in [1.54, 1.807) is 19.9 Å². The van der Waals surface area contributed by atoms with Crippen molar-refractivity contribution in [2.75, 3.05) is 6.61 Å². The predicted octanol–water partition coefficient (Wildman–Crippen LogP) is 4.67. The van der Waals surface area contributed by atoms with E-state index in [0.717, 1.165) is 10.0 Å². The fourth-order valence-electron chi connectivity index (χ4n) is 3.28. The molecule has 2 N–H and O–H groups in total. The van der Waals surface area contributed by atoms with Crippen LogP contribution >= 0.6 is 15.9 Å². The highest BCUT2D eigenvalue weighted by Crippen LogP contribution is 2.44. The van der Waals surface area contributed by atoms with Crippen molar-refractivity contribution in [3.8, 4) is 11.8 Å². The van der Waals surface area contributed by atoms with Gasteiger partial charge < -0.3 is 19.9 Å². The maximum atomic E-state index is 12.8. The summed E-state index contributed by atoms with van der Waals surface area (Å²) in [6, 6.07) is 17.2. The number of benzene rings is 2. The Kier molecular flexibility index (Phi) is 6.80. The molecule has 1 atom stereocenters. The van der Waals surface area contributed by atoms with Gasteiger partial charge in [0.05, 0.1) is 18.1 Å². The van der Waals surface area contributed by atoms with Crippen LogP contribution in [0.3, 0.4) is 0 Å². The Morgan fingerprint density at radius 3 is 2.67 bits per heavy atom. The summed E-state index contributed by atoms with van der Waals surface area (Å²) in [5.41, 5.74) is 7.96. The summed E-state index contributed by atoms with van der Waals surface area (Å²) >= 11 is 3.47. The molecule has 0 amide bonds. The van der Waals surface area contributed by atoms with Crippen molar-refractivity contribution in [3.63, 3.8) is 0 Å². The van der Waals surface area contributed by atoms with E-state index in [9.17, 15) is 10.1 Å². The number of carbonyl (C=O) groups is 1. The summed E-state index contributed by atoms with van der Waals surface area (Å²) in [5.74, 6) is -0.546. The molecule has 0 aliphatic carbocycles. The first-order valence-electron chi connectivity index (χ1n) is 9.37. The van der Waals surface area contributed by atoms with Gasteiger partial charge in [0.25, 0.3) is 0 Å². The van der Waals surface area contributed by atoms with Crippen molar-refractivity contribution in [2.45, 2.75) is 26.4 Å². The smallest absolute Gasteiger partial charge is 0.338 e. The highest BCUT2D eigenvalue weighted by molar-refractivity contribution is 9.10. The predicted molar refractivity (Wildman–Crippen MR) is 115 cm³/mol. The molecule has 0 fully saturated rings. The standard InChI is InChI=1S/C23H21BrN2O4/c1-3-28-23(27)20-14(2)30-22(26)18(12-25)21(20)17-11-16(24)9-10-19(17)29-13-15-7-5-4-6-8-15/h4-11,21H,3,13,26H2,1-2H3. The summed E-state index contributed by atoms with van der Waals surface area (Å²) in [6.45, 7) is 3.87. The molecule has 1 aliphatic heterocycles. The summed E-state index contributed by atoms with van der Waals surface area (Å²) in [7, 11) is 0. The Balaban J connectivity index is 2.09. The second-order valence-corrected chi connectivity index (χ2v) is 7.49. The lowest BCUT2D eigenvalue weighted by molar-refractivity contribution is -0.139. The van der Waals surface area contributed by atoms with Gasteiger partial charge in [-0.1, -0.05) is 46.3 Å². The van der Waals surface area contributed by atoms with Crippen LogP contribution in [0.15, 0.2) is 75.8 Å². The number of nitriles is 1. The zero-order valence-corrected chi connectivity index (χ0v) is 18.2. The van der Waals surface area contributed by atoms with Crippen LogP contribution in [0.25, 0.3) is 0 Å². The number of hydrogen-bond acceptors (Lipinski definition) is 6. The molecule has 2 aromatic carbocycles. The van der Waals surface area contributed by atoms with E-state index in [2.05, 4.69) is 22.0 Å². The minimum Gasteiger partial charge on any atom is -0.489 e. The molecule has 1 unspecified atom stereocenters. The van der Waals surface area contributed by atoms with E-state index in [1.165, 1.54) is 0 Å². The summed E-state index contributed by atoms with van der Waals surface area (Å²) < 4.78 is 17.6. The van der Waals surface area contributed by atoms with Gasteiger partial charge in [-0.25, -0.2) is 4.79 Å². The second-order valence-electron chi connectivity index (χ2n) is 6.57. The third-order valence-electron chi connectivity index (χ3n) is 4.62. The SMILES string of the molecule is CCOC(=O)C1=C(C)OC(N)=C(C#N)C1c1cc(Br)ccc1OCc1ccccc1. The van der Waals surface area contributed by atoms with Gasteiger partial charge in [-0.2, -0.15) is 5.26 Å². The van der Waals surface area contributed by atoms with E-state index in [1.807, 2.05) is 42.5 Å². The van der Waals surface area contributed by atoms with Crippen LogP contribution in [0.2, 0.25) is 0 Å². The lowest BCUT2D eigenvalue weighted by atomic mass is 9.82. The summed E-state index contributed by atoms with van der Waals surface area (Å²) in [4.78, 5) is 12.8. The van der Waals surface area contributed by atoms with Gasteiger partial charge in [0, 0.05) is 10.0 Å². The summed E-state index contributed by atoms with van der Waals surface area (Å²) in [5, 5.41) is 9.78. The molecule has 6 nitrogen and oxygen atoms in total. The number of rotatable bonds is 6. The molecule has 1 heterocycles. The first kappa shape index (κ1) is 21.5. The number of carbonyl (C=O) groups excluding carboxylic acids is 1. The zero-order chi connectivity index (χ0) is 21.7. The third-order valence-corrected chi connectivity index (χ3v) is 5.11. The lowest BCUT2D eigenvalue weighted by Gasteiger charge is -2.28. The normalized spacial score (nSPS) is 16.0. The third kappa shape index (κ3) is 4.50. The highest BCUT2D eigenvalue weighted by atomic mass is 79.9. The highest BCUT2D eigenvalue weighted by Gasteiger charge is 2.38. The Morgan fingerprint density at radius 1 is 1.27 bits per heavy atom. The topological polar surface area (TPSA) is 94.6 Å². The second kappa shape index (κ2) is 9.51. The van der Waals surface area contributed by atoms with Crippen LogP contribution in [0, 0.1) is 11.3 Å². The van der Waals surface area contributed by atoms with Crippen molar-refractivity contribution < 1.29 is 19.0 Å². The number of nitrogens with two attached hydrogens (primary N) is 1. The fraction of sp³-hybridized carbons (Fsp3) is 0.217. The van der Waals surface area contributed by atoms with Gasteiger partial charge in [0.2, 0.25) is 5.88 Å². The molecule has 0 saturated carbocycles. The van der Waals surface area contributed by atoms with Crippen molar-refractivity contribution in [2.24, 2.45) is 5.73 Å². The fourth-order valence-corrected chi connectivity index (χ4v) is 3.66. The van der Waals surface area contributed by atoms with E-state index in [4.69, 9.17) is 19.9 Å². The van der Waals surface area contributed by atoms with Gasteiger partial charge in [-0.15, -0.1) is 0 Å². The number of allylic oxidation sites excluding steroid dienone is 2. The van der Waals surface area contributed by atoms with Crippen molar-refractivity contribution >= 4 is 21.9 Å². The quantitative estimate of drug-likeness (QED) is 0.618. The van der Waals surface area contributed by atoms with Gasteiger partial charge in [0.1, 0.15) is 29.8 Å². The molecule has 7 heteroatoms. The molecular formula is C23H21BrN2O4. The van der Waals surface area contributed by atoms with E-state index >= 15 is 0 Å². The molecule has 2 aromatic rings. The van der Waals surface area contributed by atoms with Crippen LogP contribution in [-0.2, 0) is 20.9 Å². The Bertz CT molecular complexity index is 1050. The van der Waals surface area contributed by atoms with Gasteiger partial charge in [0.15, 0.2) is 0 Å². The molecule has 3 rings (SSSR count). The first-order valence-corrected chi connectivity index (χ1v) is 10.2. The van der Waals surface area contributed by atoms with Gasteiger partial charge in [-0.05, 0) is 37.6 Å². The van der Waals surface area contributed by atoms with Crippen molar-refractivity contribution in [3.05, 3.63) is 86.9 Å². The average molecular weight is 469 g/mol. The minimum atomic E-state index is -0.772. The monoisotopic (exact) mass is 468 g/mol. The first-order chi connectivity index (χ1) is 14.5. The average Bonchev–Trinajstić information content (AvgIpc) is 2.73. The largest absolute Gasteiger partial charge is 0.489 e. The van der Waals surface area contributed by atoms with E-state index in [0.29, 0.717) is 23.7 Å². The molecule has 0 radical (unpaired) electrons. The minimum absolute atomic E-state index is 0.0398. The number of halogens is 1. The van der Waals surface area contributed by atoms with Crippen LogP contribution in [0.4, 0.5) is 0 Å². The molecule has 0 bridgehead atoms. The molecule has 0 spiro atoms. The molecular weight excluding hydrogens is 448 g/mol. The number of esters is 1. The zero-order valence-electron chi connectivity index (χ0n) is 16.6. The van der Waals surface area contributed by atoms with E-state index < -0.39 is 11.9 Å². The van der Waals surface area contributed by atoms with Crippen LogP contribution < -0.4 is 10.5 Å². The number of ether oxygens (including phenoxy) is 3. The van der Waals surface area contributed by atoms with Crippen LogP contribution in [0.1, 0.15) is 30.9 Å². The van der Waals surface area contributed by atoms with Gasteiger partial charge >= 0.3 is 5.97 Å². The van der Waals surface area contributed by atoms with Gasteiger partial charge in [-0.3, -0.25) is 0 Å². The molecule has 154 valence electrons. The van der Waals surface area contributed by atoms with Crippen LogP contribution in [-0.4, -0.2) is 12.6 Å². The Labute approximate surface area is 183 Å².